The molecule has 0 saturated heterocycles. The van der Waals surface area contributed by atoms with Crippen LogP contribution in [0.1, 0.15) is 20.7 Å². The molecule has 0 aliphatic carbocycles. The molecule has 0 saturated carbocycles. The molecular weight excluding hydrogens is 408 g/mol. The van der Waals surface area contributed by atoms with Crippen LogP contribution in [0.2, 0.25) is 0 Å². The van der Waals surface area contributed by atoms with Crippen molar-refractivity contribution in [2.24, 2.45) is 0 Å². The smallest absolute Gasteiger partial charge is 0.343 e. The fourth-order valence-electron chi connectivity index (χ4n) is 2.36. The number of rotatable bonds is 4. The highest BCUT2D eigenvalue weighted by molar-refractivity contribution is 9.10. The van der Waals surface area contributed by atoms with Crippen molar-refractivity contribution in [3.63, 3.8) is 0 Å². The first-order chi connectivity index (χ1) is 12.0. The molecule has 2 heterocycles. The van der Waals surface area contributed by atoms with Crippen molar-refractivity contribution in [1.82, 2.24) is 4.98 Å². The van der Waals surface area contributed by atoms with Gasteiger partial charge in [0.05, 0.1) is 31.0 Å². The average molecular weight is 421 g/mol. The van der Waals surface area contributed by atoms with Gasteiger partial charge in [-0.2, -0.15) is 11.3 Å². The van der Waals surface area contributed by atoms with Gasteiger partial charge in [0, 0.05) is 15.2 Å². The molecule has 0 unspecified atom stereocenters. The second-order valence-electron chi connectivity index (χ2n) is 5.00. The zero-order valence-electron chi connectivity index (χ0n) is 13.3. The maximum absolute atomic E-state index is 12.7. The molecule has 0 bridgehead atoms. The first kappa shape index (κ1) is 17.4. The molecular formula is C17H13BrN2O4S. The first-order valence-electron chi connectivity index (χ1n) is 7.14. The van der Waals surface area contributed by atoms with Gasteiger partial charge in [-0.05, 0) is 39.5 Å². The molecule has 3 rings (SSSR count). The molecule has 1 N–H and O–H groups in total. The second kappa shape index (κ2) is 7.20. The summed E-state index contributed by atoms with van der Waals surface area (Å²) in [6.45, 7) is 0. The molecule has 0 spiro atoms. The van der Waals surface area contributed by atoms with Gasteiger partial charge in [0.2, 0.25) is 5.88 Å². The van der Waals surface area contributed by atoms with E-state index < -0.39 is 5.97 Å². The van der Waals surface area contributed by atoms with Crippen molar-refractivity contribution >= 4 is 55.7 Å². The number of carbonyl (C=O) groups excluding carboxylic acids is 2. The van der Waals surface area contributed by atoms with Crippen LogP contribution in [0.4, 0.5) is 5.69 Å². The molecule has 0 fully saturated rings. The Balaban J connectivity index is 2.16. The minimum atomic E-state index is -0.557. The molecule has 6 nitrogen and oxygen atoms in total. The van der Waals surface area contributed by atoms with Crippen LogP contribution in [0, 0.1) is 0 Å². The van der Waals surface area contributed by atoms with Crippen LogP contribution in [0.25, 0.3) is 10.9 Å². The van der Waals surface area contributed by atoms with Crippen LogP contribution in [0.3, 0.4) is 0 Å². The van der Waals surface area contributed by atoms with E-state index in [1.807, 2.05) is 16.8 Å². The van der Waals surface area contributed by atoms with E-state index in [-0.39, 0.29) is 17.4 Å². The lowest BCUT2D eigenvalue weighted by Gasteiger charge is -2.12. The van der Waals surface area contributed by atoms with E-state index in [0.717, 1.165) is 0 Å². The van der Waals surface area contributed by atoms with E-state index in [4.69, 9.17) is 9.47 Å². The predicted octanol–water partition coefficient (Wildman–Crippen LogP) is 4.11. The Morgan fingerprint density at radius 3 is 2.68 bits per heavy atom. The summed E-state index contributed by atoms with van der Waals surface area (Å²) in [4.78, 5) is 29.0. The molecule has 1 amide bonds. The monoisotopic (exact) mass is 420 g/mol. The van der Waals surface area contributed by atoms with Gasteiger partial charge in [-0.25, -0.2) is 9.78 Å². The lowest BCUT2D eigenvalue weighted by molar-refractivity contribution is 0.0596. The molecule has 0 aliphatic heterocycles. The maximum atomic E-state index is 12.7. The summed E-state index contributed by atoms with van der Waals surface area (Å²) in [6.07, 6.45) is 0. The highest BCUT2D eigenvalue weighted by Crippen LogP contribution is 2.30. The number of fused-ring (bicyclic) bond motifs is 1. The number of halogens is 1. The van der Waals surface area contributed by atoms with Crippen molar-refractivity contribution < 1.29 is 19.1 Å². The van der Waals surface area contributed by atoms with E-state index in [9.17, 15) is 9.59 Å². The van der Waals surface area contributed by atoms with Crippen molar-refractivity contribution in [2.75, 3.05) is 19.5 Å². The van der Waals surface area contributed by atoms with Gasteiger partial charge in [-0.1, -0.05) is 6.07 Å². The van der Waals surface area contributed by atoms with E-state index >= 15 is 0 Å². The number of nitrogens with zero attached hydrogens (tertiary/aromatic N) is 1. The van der Waals surface area contributed by atoms with Gasteiger partial charge in [0.1, 0.15) is 5.56 Å². The van der Waals surface area contributed by atoms with Crippen LogP contribution < -0.4 is 10.1 Å². The third kappa shape index (κ3) is 3.35. The number of anilines is 1. The van der Waals surface area contributed by atoms with E-state index in [0.29, 0.717) is 26.6 Å². The number of esters is 1. The molecule has 0 atom stereocenters. The number of amides is 1. The Bertz CT molecular complexity index is 957. The number of carbonyl (C=O) groups is 2. The quantitative estimate of drug-likeness (QED) is 0.642. The number of hydrogen-bond acceptors (Lipinski definition) is 6. The van der Waals surface area contributed by atoms with E-state index in [1.165, 1.54) is 25.6 Å². The Kier molecular flexibility index (Phi) is 5.00. The molecule has 0 radical (unpaired) electrons. The highest BCUT2D eigenvalue weighted by atomic mass is 79.9. The van der Waals surface area contributed by atoms with E-state index in [1.54, 1.807) is 18.2 Å². The molecule has 2 aromatic heterocycles. The maximum Gasteiger partial charge on any atom is 0.343 e. The molecule has 1 aromatic carbocycles. The topological polar surface area (TPSA) is 77.5 Å². The molecule has 8 heteroatoms. The standard InChI is InChI=1S/C17H13BrN2O4S/c1-23-16-11(17(22)24-2)7-9-3-4-12(18)13(14(9)20-16)15(21)19-10-5-6-25-8-10/h3-8H,1-2H3,(H,19,21). The van der Waals surface area contributed by atoms with Crippen LogP contribution >= 0.6 is 27.3 Å². The Labute approximate surface area is 155 Å². The Morgan fingerprint density at radius 2 is 2.04 bits per heavy atom. The van der Waals surface area contributed by atoms with Gasteiger partial charge in [0.25, 0.3) is 5.91 Å². The number of thiophene rings is 1. The number of aromatic nitrogens is 1. The fraction of sp³-hybridized carbons (Fsp3) is 0.118. The van der Waals surface area contributed by atoms with Crippen molar-refractivity contribution in [3.8, 4) is 5.88 Å². The zero-order valence-corrected chi connectivity index (χ0v) is 15.7. The summed E-state index contributed by atoms with van der Waals surface area (Å²) in [5.41, 5.74) is 1.69. The van der Waals surface area contributed by atoms with Crippen molar-refractivity contribution in [2.45, 2.75) is 0 Å². The van der Waals surface area contributed by atoms with Gasteiger partial charge in [-0.3, -0.25) is 4.79 Å². The van der Waals surface area contributed by atoms with Crippen molar-refractivity contribution in [3.05, 3.63) is 50.6 Å². The molecule has 25 heavy (non-hydrogen) atoms. The second-order valence-corrected chi connectivity index (χ2v) is 6.63. The van der Waals surface area contributed by atoms with Gasteiger partial charge < -0.3 is 14.8 Å². The highest BCUT2D eigenvalue weighted by Gasteiger charge is 2.21. The summed E-state index contributed by atoms with van der Waals surface area (Å²) < 4.78 is 10.5. The van der Waals surface area contributed by atoms with Gasteiger partial charge in [-0.15, -0.1) is 0 Å². The molecule has 3 aromatic rings. The largest absolute Gasteiger partial charge is 0.480 e. The zero-order chi connectivity index (χ0) is 18.0. The number of hydrogen-bond donors (Lipinski definition) is 1. The van der Waals surface area contributed by atoms with Crippen LogP contribution in [-0.4, -0.2) is 31.1 Å². The summed E-state index contributed by atoms with van der Waals surface area (Å²) >= 11 is 4.88. The number of ether oxygens (including phenoxy) is 2. The minimum Gasteiger partial charge on any atom is -0.480 e. The average Bonchev–Trinajstić information content (AvgIpc) is 3.12. The van der Waals surface area contributed by atoms with Crippen molar-refractivity contribution in [1.29, 1.82) is 0 Å². The number of benzene rings is 1. The minimum absolute atomic E-state index is 0.0991. The Hall–Kier alpha value is -2.45. The van der Waals surface area contributed by atoms with Gasteiger partial charge in [0.15, 0.2) is 0 Å². The number of nitrogens with one attached hydrogen (secondary N) is 1. The normalized spacial score (nSPS) is 10.5. The fourth-order valence-corrected chi connectivity index (χ4v) is 3.44. The lowest BCUT2D eigenvalue weighted by Crippen LogP contribution is -2.14. The lowest BCUT2D eigenvalue weighted by atomic mass is 10.1. The number of methoxy groups -OCH3 is 2. The number of pyridine rings is 1. The SMILES string of the molecule is COC(=O)c1cc2ccc(Br)c(C(=O)Nc3ccsc3)c2nc1OC. The third-order valence-corrected chi connectivity index (χ3v) is 4.85. The van der Waals surface area contributed by atoms with Crippen LogP contribution in [0.5, 0.6) is 5.88 Å². The van der Waals surface area contributed by atoms with E-state index in [2.05, 4.69) is 26.2 Å². The van der Waals surface area contributed by atoms with Crippen LogP contribution in [-0.2, 0) is 4.74 Å². The summed E-state index contributed by atoms with van der Waals surface area (Å²) in [5, 5.41) is 7.16. The Morgan fingerprint density at radius 1 is 1.24 bits per heavy atom. The summed E-state index contributed by atoms with van der Waals surface area (Å²) in [7, 11) is 2.69. The predicted molar refractivity (Wildman–Crippen MR) is 99.6 cm³/mol. The summed E-state index contributed by atoms with van der Waals surface area (Å²) in [5.74, 6) is -0.767. The molecule has 128 valence electrons. The molecule has 0 aliphatic rings. The summed E-state index contributed by atoms with van der Waals surface area (Å²) in [6, 6.07) is 6.91. The van der Waals surface area contributed by atoms with Gasteiger partial charge >= 0.3 is 5.97 Å². The third-order valence-electron chi connectivity index (χ3n) is 3.51. The first-order valence-corrected chi connectivity index (χ1v) is 8.88. The van der Waals surface area contributed by atoms with Crippen LogP contribution in [0.15, 0.2) is 39.5 Å².